The van der Waals surface area contributed by atoms with Gasteiger partial charge in [-0.3, -0.25) is 5.10 Å². The van der Waals surface area contributed by atoms with Crippen LogP contribution in [0.2, 0.25) is 0 Å². The van der Waals surface area contributed by atoms with E-state index >= 15 is 0 Å². The summed E-state index contributed by atoms with van der Waals surface area (Å²) >= 11 is 0. The van der Waals surface area contributed by atoms with Crippen molar-refractivity contribution in [3.8, 4) is 0 Å². The normalized spacial score (nSPS) is 11.5. The SMILES string of the molecule is FC(F)(F)c1ccccc1NCc1ncn[nH]1. The lowest BCUT2D eigenvalue weighted by Gasteiger charge is -2.13. The smallest absolute Gasteiger partial charge is 0.377 e. The van der Waals surface area contributed by atoms with Crippen molar-refractivity contribution in [3.63, 3.8) is 0 Å². The average molecular weight is 242 g/mol. The number of nitrogens with one attached hydrogen (secondary N) is 2. The Morgan fingerprint density at radius 1 is 1.24 bits per heavy atom. The van der Waals surface area contributed by atoms with E-state index in [0.717, 1.165) is 6.07 Å². The van der Waals surface area contributed by atoms with Crippen LogP contribution in [0.5, 0.6) is 0 Å². The molecule has 0 unspecified atom stereocenters. The summed E-state index contributed by atoms with van der Waals surface area (Å²) in [5.74, 6) is 0.474. The van der Waals surface area contributed by atoms with Gasteiger partial charge < -0.3 is 5.32 Å². The molecule has 2 rings (SSSR count). The maximum absolute atomic E-state index is 12.6. The topological polar surface area (TPSA) is 53.6 Å². The zero-order valence-corrected chi connectivity index (χ0v) is 8.62. The van der Waals surface area contributed by atoms with Gasteiger partial charge >= 0.3 is 6.18 Å². The number of benzene rings is 1. The summed E-state index contributed by atoms with van der Waals surface area (Å²) in [5, 5.41) is 8.84. The molecule has 0 saturated carbocycles. The van der Waals surface area contributed by atoms with Crippen molar-refractivity contribution < 1.29 is 13.2 Å². The summed E-state index contributed by atoms with van der Waals surface area (Å²) in [6, 6.07) is 5.29. The number of hydrogen-bond acceptors (Lipinski definition) is 3. The number of nitrogens with zero attached hydrogens (tertiary/aromatic N) is 2. The molecule has 0 spiro atoms. The van der Waals surface area contributed by atoms with Gasteiger partial charge in [-0.2, -0.15) is 18.3 Å². The minimum absolute atomic E-state index is 0.0244. The third kappa shape index (κ3) is 2.74. The summed E-state index contributed by atoms with van der Waals surface area (Å²) < 4.78 is 37.9. The predicted octanol–water partition coefficient (Wildman–Crippen LogP) is 2.44. The van der Waals surface area contributed by atoms with Crippen LogP contribution in [-0.4, -0.2) is 15.2 Å². The number of halogens is 3. The average Bonchev–Trinajstić information content (AvgIpc) is 2.78. The number of aromatic nitrogens is 3. The molecule has 0 amide bonds. The lowest BCUT2D eigenvalue weighted by Crippen LogP contribution is -2.11. The van der Waals surface area contributed by atoms with Crippen molar-refractivity contribution in [2.45, 2.75) is 12.7 Å². The summed E-state index contributed by atoms with van der Waals surface area (Å²) in [5.41, 5.74) is -0.670. The third-order valence-electron chi connectivity index (χ3n) is 2.14. The highest BCUT2D eigenvalue weighted by Gasteiger charge is 2.33. The minimum atomic E-state index is -4.37. The van der Waals surface area contributed by atoms with E-state index in [1.165, 1.54) is 24.5 Å². The molecule has 2 N–H and O–H groups in total. The molecule has 1 heterocycles. The van der Waals surface area contributed by atoms with Gasteiger partial charge in [0, 0.05) is 5.69 Å². The molecular formula is C10H9F3N4. The molecule has 0 saturated heterocycles. The van der Waals surface area contributed by atoms with Crippen molar-refractivity contribution in [2.24, 2.45) is 0 Å². The Bertz CT molecular complexity index is 479. The van der Waals surface area contributed by atoms with Gasteiger partial charge in [0.05, 0.1) is 12.1 Å². The predicted molar refractivity (Wildman–Crippen MR) is 55.2 cm³/mol. The van der Waals surface area contributed by atoms with Crippen molar-refractivity contribution in [1.82, 2.24) is 15.2 Å². The van der Waals surface area contributed by atoms with Gasteiger partial charge in [0.2, 0.25) is 0 Å². The van der Waals surface area contributed by atoms with Crippen LogP contribution in [-0.2, 0) is 12.7 Å². The Kier molecular flexibility index (Phi) is 2.99. The molecule has 1 aromatic carbocycles. The fraction of sp³-hybridized carbons (Fsp3) is 0.200. The van der Waals surface area contributed by atoms with Gasteiger partial charge in [0.1, 0.15) is 12.2 Å². The van der Waals surface area contributed by atoms with Gasteiger partial charge in [-0.1, -0.05) is 12.1 Å². The van der Waals surface area contributed by atoms with Crippen LogP contribution in [0.4, 0.5) is 18.9 Å². The number of rotatable bonds is 3. The highest BCUT2D eigenvalue weighted by molar-refractivity contribution is 5.52. The van der Waals surface area contributed by atoms with E-state index in [1.54, 1.807) is 0 Å². The summed E-state index contributed by atoms with van der Waals surface area (Å²) in [7, 11) is 0. The highest BCUT2D eigenvalue weighted by atomic mass is 19.4. The van der Waals surface area contributed by atoms with E-state index in [-0.39, 0.29) is 12.2 Å². The lowest BCUT2D eigenvalue weighted by atomic mass is 10.1. The van der Waals surface area contributed by atoms with Gasteiger partial charge in [-0.15, -0.1) is 0 Å². The number of hydrogen-bond donors (Lipinski definition) is 2. The zero-order valence-electron chi connectivity index (χ0n) is 8.62. The van der Waals surface area contributed by atoms with Gasteiger partial charge in [0.15, 0.2) is 0 Å². The zero-order chi connectivity index (χ0) is 12.3. The van der Waals surface area contributed by atoms with Crippen LogP contribution in [0.25, 0.3) is 0 Å². The maximum atomic E-state index is 12.6. The van der Waals surface area contributed by atoms with E-state index in [2.05, 4.69) is 20.5 Å². The van der Waals surface area contributed by atoms with E-state index < -0.39 is 11.7 Å². The first-order valence-corrected chi connectivity index (χ1v) is 4.82. The Hall–Kier alpha value is -2.05. The Balaban J connectivity index is 2.16. The molecule has 1 aromatic heterocycles. The van der Waals surface area contributed by atoms with Gasteiger partial charge in [-0.25, -0.2) is 4.98 Å². The van der Waals surface area contributed by atoms with E-state index in [9.17, 15) is 13.2 Å². The number of alkyl halides is 3. The fourth-order valence-electron chi connectivity index (χ4n) is 1.38. The van der Waals surface area contributed by atoms with Crippen LogP contribution in [0.15, 0.2) is 30.6 Å². The first kappa shape index (κ1) is 11.4. The fourth-order valence-corrected chi connectivity index (χ4v) is 1.38. The molecule has 90 valence electrons. The molecule has 0 radical (unpaired) electrons. The van der Waals surface area contributed by atoms with E-state index in [1.807, 2.05) is 0 Å². The standard InChI is InChI=1S/C10H9F3N4/c11-10(12,13)7-3-1-2-4-8(7)14-5-9-15-6-16-17-9/h1-4,6,14H,5H2,(H,15,16,17). The molecular weight excluding hydrogens is 233 g/mol. The van der Waals surface area contributed by atoms with Gasteiger partial charge in [0.25, 0.3) is 0 Å². The third-order valence-corrected chi connectivity index (χ3v) is 2.14. The molecule has 0 fully saturated rings. The number of anilines is 1. The summed E-state index contributed by atoms with van der Waals surface area (Å²) in [4.78, 5) is 3.81. The second-order valence-corrected chi connectivity index (χ2v) is 3.33. The van der Waals surface area contributed by atoms with Crippen molar-refractivity contribution >= 4 is 5.69 Å². The van der Waals surface area contributed by atoms with Crippen LogP contribution < -0.4 is 5.32 Å². The van der Waals surface area contributed by atoms with E-state index in [0.29, 0.717) is 5.82 Å². The molecule has 17 heavy (non-hydrogen) atoms. The van der Waals surface area contributed by atoms with Gasteiger partial charge in [-0.05, 0) is 12.1 Å². The summed E-state index contributed by atoms with van der Waals surface area (Å²) in [6.45, 7) is 0.160. The van der Waals surface area contributed by atoms with Crippen LogP contribution in [0.3, 0.4) is 0 Å². The number of aromatic amines is 1. The summed E-state index contributed by atoms with van der Waals surface area (Å²) in [6.07, 6.45) is -3.07. The molecule has 7 heteroatoms. The Morgan fingerprint density at radius 2 is 2.00 bits per heavy atom. The minimum Gasteiger partial charge on any atom is -0.377 e. The van der Waals surface area contributed by atoms with E-state index in [4.69, 9.17) is 0 Å². The van der Waals surface area contributed by atoms with Crippen LogP contribution in [0.1, 0.15) is 11.4 Å². The van der Waals surface area contributed by atoms with Crippen molar-refractivity contribution in [3.05, 3.63) is 42.0 Å². The van der Waals surface area contributed by atoms with Crippen molar-refractivity contribution in [2.75, 3.05) is 5.32 Å². The molecule has 4 nitrogen and oxygen atoms in total. The molecule has 0 bridgehead atoms. The number of para-hydroxylation sites is 1. The van der Waals surface area contributed by atoms with Crippen LogP contribution >= 0.6 is 0 Å². The molecule has 0 atom stereocenters. The Morgan fingerprint density at radius 3 is 2.65 bits per heavy atom. The Labute approximate surface area is 94.9 Å². The van der Waals surface area contributed by atoms with Crippen molar-refractivity contribution in [1.29, 1.82) is 0 Å². The monoisotopic (exact) mass is 242 g/mol. The molecule has 0 aliphatic rings. The maximum Gasteiger partial charge on any atom is 0.418 e. The molecule has 0 aliphatic heterocycles. The second-order valence-electron chi connectivity index (χ2n) is 3.33. The number of H-pyrrole nitrogens is 1. The van der Waals surface area contributed by atoms with Crippen LogP contribution in [0, 0.1) is 0 Å². The first-order valence-electron chi connectivity index (χ1n) is 4.82. The first-order chi connectivity index (χ1) is 8.07. The molecule has 0 aliphatic carbocycles. The molecule has 2 aromatic rings. The second kappa shape index (κ2) is 4.44. The highest BCUT2D eigenvalue weighted by Crippen LogP contribution is 2.34. The lowest BCUT2D eigenvalue weighted by molar-refractivity contribution is -0.136. The largest absolute Gasteiger partial charge is 0.418 e. The quantitative estimate of drug-likeness (QED) is 0.869.